The highest BCUT2D eigenvalue weighted by Gasteiger charge is 2.48. The van der Waals surface area contributed by atoms with Gasteiger partial charge < -0.3 is 19.5 Å². The first-order valence-corrected chi connectivity index (χ1v) is 20.4. The summed E-state index contributed by atoms with van der Waals surface area (Å²) in [5, 5.41) is 12.6. The molecule has 2 aromatic heterocycles. The second-order valence-corrected chi connectivity index (χ2v) is 17.6. The number of nitrogens with one attached hydrogen (secondary N) is 1. The number of aliphatic carboxylic acids is 1. The minimum Gasteiger partial charge on any atom is -0.490 e. The van der Waals surface area contributed by atoms with Crippen LogP contribution in [0.2, 0.25) is 0 Å². The molecule has 0 radical (unpaired) electrons. The lowest BCUT2D eigenvalue weighted by atomic mass is 9.61. The molecule has 0 bridgehead atoms. The Balaban J connectivity index is 1.07. The average molecular weight is 828 g/mol. The third-order valence-corrected chi connectivity index (χ3v) is 12.3. The van der Waals surface area contributed by atoms with Crippen LogP contribution >= 0.6 is 11.3 Å². The SMILES string of the molecule is CC(C)(C)OC(=O)c1nc(N2CCc3cccc(C(=O)Nc4nc5ccccc5s4)c3C2)ccc1-c1cccc(OC2CC3(CCN(CC(=O)O)CC3)C2)c1C(F)(F)F. The van der Waals surface area contributed by atoms with Crippen LogP contribution in [-0.4, -0.2) is 75.7 Å². The summed E-state index contributed by atoms with van der Waals surface area (Å²) in [6.07, 6.45) is -2.09. The average Bonchev–Trinajstić information content (AvgIpc) is 3.58. The Bertz CT molecular complexity index is 2400. The lowest BCUT2D eigenvalue weighted by Crippen LogP contribution is -2.51. The number of halogens is 3. The standard InChI is InChI=1S/C44H44F3N5O6S/c1-42(2,3)58-40(56)38-29(28-9-7-12-33(37(28)44(45,46)47)57-27-22-43(23-27)17-20-51(21-18-43)25-36(53)54)14-15-35(49-38)52-19-16-26-8-6-10-30(31(26)24-52)39(55)50-41-48-32-11-4-5-13-34(32)59-41/h4-15,27H,16-25H2,1-3H3,(H,53,54)(H,48,50,55). The van der Waals surface area contributed by atoms with Crippen molar-refractivity contribution in [1.29, 1.82) is 0 Å². The molecule has 1 amide bonds. The molecule has 59 heavy (non-hydrogen) atoms. The third kappa shape index (κ3) is 8.62. The van der Waals surface area contributed by atoms with Crippen LogP contribution in [0, 0.1) is 5.41 Å². The van der Waals surface area contributed by atoms with E-state index in [1.54, 1.807) is 32.9 Å². The van der Waals surface area contributed by atoms with E-state index in [-0.39, 0.29) is 47.0 Å². The van der Waals surface area contributed by atoms with Gasteiger partial charge in [0.15, 0.2) is 10.8 Å². The summed E-state index contributed by atoms with van der Waals surface area (Å²) in [5.74, 6) is -2.07. The van der Waals surface area contributed by atoms with Gasteiger partial charge in [-0.1, -0.05) is 47.7 Å². The van der Waals surface area contributed by atoms with E-state index in [4.69, 9.17) is 19.6 Å². The number of hydrogen-bond donors (Lipinski definition) is 2. The minimum absolute atomic E-state index is 0.0308. The Morgan fingerprint density at radius 1 is 0.915 bits per heavy atom. The van der Waals surface area contributed by atoms with Gasteiger partial charge in [-0.3, -0.25) is 19.8 Å². The first-order valence-electron chi connectivity index (χ1n) is 19.6. The molecule has 0 atom stereocenters. The molecule has 308 valence electrons. The highest BCUT2D eigenvalue weighted by atomic mass is 32.1. The number of likely N-dealkylation sites (tertiary alicyclic amines) is 1. The molecule has 3 aromatic carbocycles. The van der Waals surface area contributed by atoms with Crippen molar-refractivity contribution in [3.8, 4) is 16.9 Å². The summed E-state index contributed by atoms with van der Waals surface area (Å²) in [6, 6.07) is 20.3. The summed E-state index contributed by atoms with van der Waals surface area (Å²) >= 11 is 1.38. The number of carbonyl (C=O) groups is 3. The van der Waals surface area contributed by atoms with Crippen LogP contribution in [0.5, 0.6) is 5.75 Å². The lowest BCUT2D eigenvalue weighted by molar-refractivity contribution is -0.142. The number of amides is 1. The molecule has 5 aromatic rings. The van der Waals surface area contributed by atoms with Crippen molar-refractivity contribution in [1.82, 2.24) is 14.9 Å². The molecule has 11 nitrogen and oxygen atoms in total. The number of piperidine rings is 1. The van der Waals surface area contributed by atoms with Gasteiger partial charge in [-0.2, -0.15) is 13.2 Å². The third-order valence-electron chi connectivity index (χ3n) is 11.3. The van der Waals surface area contributed by atoms with Crippen molar-refractivity contribution in [3.05, 3.63) is 101 Å². The predicted octanol–water partition coefficient (Wildman–Crippen LogP) is 8.86. The largest absolute Gasteiger partial charge is 0.490 e. The zero-order valence-electron chi connectivity index (χ0n) is 32.9. The number of para-hydroxylation sites is 1. The number of benzene rings is 3. The summed E-state index contributed by atoms with van der Waals surface area (Å²) < 4.78 is 58.2. The van der Waals surface area contributed by atoms with Crippen LogP contribution in [0.15, 0.2) is 72.8 Å². The number of fused-ring (bicyclic) bond motifs is 2. The molecular formula is C44H44F3N5O6S. The fourth-order valence-electron chi connectivity index (χ4n) is 8.50. The molecule has 2 N–H and O–H groups in total. The van der Waals surface area contributed by atoms with Gasteiger partial charge in [0.25, 0.3) is 5.91 Å². The number of rotatable bonds is 9. The number of esters is 1. The Kier molecular flexibility index (Phi) is 10.6. The zero-order valence-corrected chi connectivity index (χ0v) is 33.7. The topological polar surface area (TPSA) is 134 Å². The van der Waals surface area contributed by atoms with Crippen LogP contribution in [0.3, 0.4) is 0 Å². The second kappa shape index (κ2) is 15.6. The summed E-state index contributed by atoms with van der Waals surface area (Å²) in [4.78, 5) is 51.8. The molecular weight excluding hydrogens is 784 g/mol. The van der Waals surface area contributed by atoms with Gasteiger partial charge >= 0.3 is 18.1 Å². The molecule has 1 saturated carbocycles. The number of hydrogen-bond acceptors (Lipinski definition) is 10. The van der Waals surface area contributed by atoms with Crippen molar-refractivity contribution in [2.45, 2.75) is 77.3 Å². The summed E-state index contributed by atoms with van der Waals surface area (Å²) in [7, 11) is 0. The molecule has 15 heteroatoms. The Labute approximate surface area is 343 Å². The molecule has 0 unspecified atom stereocenters. The predicted molar refractivity (Wildman–Crippen MR) is 218 cm³/mol. The van der Waals surface area contributed by atoms with E-state index >= 15 is 13.2 Å². The number of ether oxygens (including phenoxy) is 2. The quantitative estimate of drug-likeness (QED) is 0.139. The van der Waals surface area contributed by atoms with E-state index in [9.17, 15) is 14.4 Å². The van der Waals surface area contributed by atoms with Crippen molar-refractivity contribution < 1.29 is 42.1 Å². The van der Waals surface area contributed by atoms with Crippen LogP contribution < -0.4 is 15.0 Å². The van der Waals surface area contributed by atoms with Gasteiger partial charge in [-0.05, 0) is 119 Å². The van der Waals surface area contributed by atoms with Crippen LogP contribution in [-0.2, 0) is 28.7 Å². The first-order chi connectivity index (χ1) is 28.0. The molecule has 2 fully saturated rings. The molecule has 1 saturated heterocycles. The van der Waals surface area contributed by atoms with Gasteiger partial charge in [-0.15, -0.1) is 0 Å². The summed E-state index contributed by atoms with van der Waals surface area (Å²) in [5.41, 5.74) is 0.349. The lowest BCUT2D eigenvalue weighted by Gasteiger charge is -2.51. The van der Waals surface area contributed by atoms with Crippen molar-refractivity contribution in [3.63, 3.8) is 0 Å². The van der Waals surface area contributed by atoms with Gasteiger partial charge in [-0.25, -0.2) is 14.8 Å². The number of anilines is 2. The van der Waals surface area contributed by atoms with Crippen molar-refractivity contribution in [2.75, 3.05) is 36.4 Å². The van der Waals surface area contributed by atoms with Gasteiger partial charge in [0, 0.05) is 29.8 Å². The van der Waals surface area contributed by atoms with E-state index in [0.29, 0.717) is 55.4 Å². The number of nitrogens with zero attached hydrogens (tertiary/aromatic N) is 4. The number of aromatic nitrogens is 2. The summed E-state index contributed by atoms with van der Waals surface area (Å²) in [6.45, 7) is 6.96. The Hall–Kier alpha value is -5.54. The van der Waals surface area contributed by atoms with E-state index in [1.807, 2.05) is 46.2 Å². The number of carbonyl (C=O) groups excluding carboxylic acids is 2. The van der Waals surface area contributed by atoms with E-state index < -0.39 is 35.4 Å². The van der Waals surface area contributed by atoms with Crippen LogP contribution in [0.4, 0.5) is 24.1 Å². The normalized spacial score (nSPS) is 17.0. The molecule has 1 aliphatic carbocycles. The van der Waals surface area contributed by atoms with Gasteiger partial charge in [0.05, 0.1) is 22.9 Å². The highest BCUT2D eigenvalue weighted by Crippen LogP contribution is 2.52. The van der Waals surface area contributed by atoms with Crippen LogP contribution in [0.25, 0.3) is 21.3 Å². The fourth-order valence-corrected chi connectivity index (χ4v) is 9.36. The number of carboxylic acid groups (broad SMARTS) is 1. The van der Waals surface area contributed by atoms with E-state index in [2.05, 4.69) is 10.3 Å². The molecule has 4 heterocycles. The minimum atomic E-state index is -4.85. The maximum absolute atomic E-state index is 15.2. The first kappa shape index (κ1) is 40.2. The second-order valence-electron chi connectivity index (χ2n) is 16.6. The maximum Gasteiger partial charge on any atom is 0.420 e. The van der Waals surface area contributed by atoms with E-state index in [0.717, 1.165) is 34.2 Å². The fraction of sp³-hybridized carbons (Fsp3) is 0.386. The number of thiazole rings is 1. The van der Waals surface area contributed by atoms with Crippen molar-refractivity contribution in [2.24, 2.45) is 5.41 Å². The molecule has 1 spiro atoms. The zero-order chi connectivity index (χ0) is 41.7. The molecule has 2 aliphatic heterocycles. The monoisotopic (exact) mass is 827 g/mol. The maximum atomic E-state index is 15.2. The van der Waals surface area contributed by atoms with Gasteiger partial charge in [0.2, 0.25) is 0 Å². The molecule has 8 rings (SSSR count). The van der Waals surface area contributed by atoms with Gasteiger partial charge in [0.1, 0.15) is 22.7 Å². The Morgan fingerprint density at radius 2 is 1.66 bits per heavy atom. The smallest absolute Gasteiger partial charge is 0.420 e. The molecule has 3 aliphatic rings. The van der Waals surface area contributed by atoms with Crippen LogP contribution in [0.1, 0.15) is 84.0 Å². The van der Waals surface area contributed by atoms with E-state index in [1.165, 1.54) is 35.6 Å². The number of carboxylic acids is 1. The number of alkyl halides is 3. The van der Waals surface area contributed by atoms with Crippen molar-refractivity contribution >= 4 is 50.3 Å². The highest BCUT2D eigenvalue weighted by molar-refractivity contribution is 7.22. The number of pyridine rings is 1. The Morgan fingerprint density at radius 3 is 2.37 bits per heavy atom.